The van der Waals surface area contributed by atoms with Gasteiger partial charge in [0.05, 0.1) is 19.8 Å². The van der Waals surface area contributed by atoms with Crippen LogP contribution in [0.3, 0.4) is 0 Å². The van der Waals surface area contributed by atoms with Gasteiger partial charge in [-0.05, 0) is 34.1 Å². The third-order valence-corrected chi connectivity index (χ3v) is 3.05. The van der Waals surface area contributed by atoms with Crippen molar-refractivity contribution in [3.63, 3.8) is 0 Å². The van der Waals surface area contributed by atoms with Gasteiger partial charge in [-0.1, -0.05) is 0 Å². The summed E-state index contributed by atoms with van der Waals surface area (Å²) in [7, 11) is 3.15. The molecule has 0 aliphatic heterocycles. The smallest absolute Gasteiger partial charge is 0.162 e. The molecule has 0 unspecified atom stereocenters. The van der Waals surface area contributed by atoms with Gasteiger partial charge in [-0.15, -0.1) is 0 Å². The number of nitriles is 1. The Balaban J connectivity index is 2.33. The summed E-state index contributed by atoms with van der Waals surface area (Å²) < 4.78 is 11.2. The first-order valence-corrected chi connectivity index (χ1v) is 6.52. The van der Waals surface area contributed by atoms with Crippen molar-refractivity contribution < 1.29 is 9.47 Å². The molecule has 0 saturated heterocycles. The van der Waals surface area contributed by atoms with Crippen molar-refractivity contribution in [2.75, 3.05) is 19.5 Å². The minimum absolute atomic E-state index is 0.453. The predicted octanol–water partition coefficient (Wildman–Crippen LogP) is 3.48. The largest absolute Gasteiger partial charge is 0.493 e. The van der Waals surface area contributed by atoms with Crippen molar-refractivity contribution in [2.45, 2.75) is 0 Å². The number of rotatable bonds is 4. The number of hydrogen-bond donors (Lipinski definition) is 1. The van der Waals surface area contributed by atoms with Crippen LogP contribution in [-0.4, -0.2) is 19.2 Å². The van der Waals surface area contributed by atoms with E-state index in [9.17, 15) is 0 Å². The first kappa shape index (κ1) is 14.2. The second-order valence-corrected chi connectivity index (χ2v) is 4.77. The molecule has 2 rings (SSSR count). The highest BCUT2D eigenvalue weighted by Crippen LogP contribution is 2.31. The maximum Gasteiger partial charge on any atom is 0.162 e. The average Bonchev–Trinajstić information content (AvgIpc) is 2.48. The van der Waals surface area contributed by atoms with E-state index in [0.717, 1.165) is 10.2 Å². The minimum Gasteiger partial charge on any atom is -0.493 e. The summed E-state index contributed by atoms with van der Waals surface area (Å²) in [4.78, 5) is 4.19. The van der Waals surface area contributed by atoms with Gasteiger partial charge in [0.15, 0.2) is 11.5 Å². The van der Waals surface area contributed by atoms with Crippen LogP contribution in [0.4, 0.5) is 11.5 Å². The van der Waals surface area contributed by atoms with Crippen LogP contribution >= 0.6 is 15.9 Å². The molecule has 1 aromatic heterocycles. The zero-order chi connectivity index (χ0) is 14.5. The van der Waals surface area contributed by atoms with Gasteiger partial charge >= 0.3 is 0 Å². The Kier molecular flexibility index (Phi) is 4.43. The van der Waals surface area contributed by atoms with Crippen molar-refractivity contribution in [1.29, 1.82) is 5.26 Å². The number of nitrogens with one attached hydrogen (secondary N) is 1. The molecule has 102 valence electrons. The number of aromatic nitrogens is 1. The molecule has 0 atom stereocenters. The second kappa shape index (κ2) is 6.26. The fourth-order valence-electron chi connectivity index (χ4n) is 1.67. The maximum absolute atomic E-state index is 9.11. The van der Waals surface area contributed by atoms with Gasteiger partial charge in [0.25, 0.3) is 0 Å². The summed E-state index contributed by atoms with van der Waals surface area (Å²) in [5.41, 5.74) is 1.21. The number of pyridine rings is 1. The predicted molar refractivity (Wildman–Crippen MR) is 79.5 cm³/mol. The topological polar surface area (TPSA) is 67.2 Å². The lowest BCUT2D eigenvalue weighted by molar-refractivity contribution is 0.355. The summed E-state index contributed by atoms with van der Waals surface area (Å²) in [6.07, 6.45) is 1.63. The number of methoxy groups -OCH3 is 2. The molecule has 0 saturated carbocycles. The lowest BCUT2D eigenvalue weighted by Crippen LogP contribution is -1.98. The van der Waals surface area contributed by atoms with Crippen LogP contribution in [0.15, 0.2) is 34.9 Å². The Hall–Kier alpha value is -2.26. The van der Waals surface area contributed by atoms with E-state index in [1.54, 1.807) is 38.6 Å². The van der Waals surface area contributed by atoms with E-state index in [-0.39, 0.29) is 0 Å². The average molecular weight is 334 g/mol. The monoisotopic (exact) mass is 333 g/mol. The molecule has 0 fully saturated rings. The molecule has 2 aromatic rings. The highest BCUT2D eigenvalue weighted by Gasteiger charge is 2.08. The molecule has 6 heteroatoms. The Morgan fingerprint density at radius 3 is 2.60 bits per heavy atom. The fourth-order valence-corrected chi connectivity index (χ4v) is 2.01. The zero-order valence-corrected chi connectivity index (χ0v) is 12.6. The molecular formula is C14H12BrN3O2. The Labute approximate surface area is 125 Å². The van der Waals surface area contributed by atoms with E-state index in [0.29, 0.717) is 22.9 Å². The number of halogens is 1. The number of hydrogen-bond acceptors (Lipinski definition) is 5. The molecule has 0 amide bonds. The van der Waals surface area contributed by atoms with Crippen LogP contribution in [0.1, 0.15) is 5.56 Å². The van der Waals surface area contributed by atoms with Crippen LogP contribution in [-0.2, 0) is 0 Å². The summed E-state index contributed by atoms with van der Waals surface area (Å²) >= 11 is 3.29. The van der Waals surface area contributed by atoms with Crippen LogP contribution in [0.25, 0.3) is 0 Å². The van der Waals surface area contributed by atoms with E-state index in [1.807, 2.05) is 6.07 Å². The molecule has 1 aromatic carbocycles. The summed E-state index contributed by atoms with van der Waals surface area (Å²) in [6.45, 7) is 0. The Bertz CT molecular complexity index is 668. The van der Waals surface area contributed by atoms with Gasteiger partial charge in [-0.3, -0.25) is 0 Å². The van der Waals surface area contributed by atoms with E-state index >= 15 is 0 Å². The fraction of sp³-hybridized carbons (Fsp3) is 0.143. The summed E-state index contributed by atoms with van der Waals surface area (Å²) in [5.74, 6) is 1.73. The lowest BCUT2D eigenvalue weighted by Gasteiger charge is -2.11. The zero-order valence-electron chi connectivity index (χ0n) is 11.0. The third-order valence-electron chi connectivity index (χ3n) is 2.62. The van der Waals surface area contributed by atoms with Gasteiger partial charge in [0, 0.05) is 22.4 Å². The lowest BCUT2D eigenvalue weighted by atomic mass is 10.2. The van der Waals surface area contributed by atoms with E-state index in [1.165, 1.54) is 0 Å². The highest BCUT2D eigenvalue weighted by molar-refractivity contribution is 9.10. The third kappa shape index (κ3) is 3.00. The van der Waals surface area contributed by atoms with Crippen LogP contribution in [0.5, 0.6) is 11.5 Å². The van der Waals surface area contributed by atoms with Gasteiger partial charge in [0.2, 0.25) is 0 Å². The van der Waals surface area contributed by atoms with Gasteiger partial charge in [-0.2, -0.15) is 5.26 Å². The number of ether oxygens (including phenoxy) is 2. The number of anilines is 2. The Morgan fingerprint density at radius 1 is 1.20 bits per heavy atom. The van der Waals surface area contributed by atoms with Crippen molar-refractivity contribution in [3.8, 4) is 17.6 Å². The molecular weight excluding hydrogens is 322 g/mol. The molecule has 0 aliphatic carbocycles. The first-order chi connectivity index (χ1) is 9.67. The molecule has 1 heterocycles. The van der Waals surface area contributed by atoms with Crippen molar-refractivity contribution in [1.82, 2.24) is 4.98 Å². The van der Waals surface area contributed by atoms with E-state index in [2.05, 4.69) is 32.3 Å². The van der Waals surface area contributed by atoms with Crippen molar-refractivity contribution in [2.24, 2.45) is 0 Å². The number of benzene rings is 1. The second-order valence-electron chi connectivity index (χ2n) is 3.86. The van der Waals surface area contributed by atoms with Crippen LogP contribution in [0.2, 0.25) is 0 Å². The molecule has 0 aliphatic rings. The first-order valence-electron chi connectivity index (χ1n) is 5.72. The van der Waals surface area contributed by atoms with Crippen LogP contribution < -0.4 is 14.8 Å². The molecule has 0 radical (unpaired) electrons. The van der Waals surface area contributed by atoms with E-state index in [4.69, 9.17) is 14.7 Å². The molecule has 0 spiro atoms. The summed E-state index contributed by atoms with van der Waals surface area (Å²) in [6, 6.07) is 9.19. The summed E-state index contributed by atoms with van der Waals surface area (Å²) in [5, 5.41) is 12.2. The van der Waals surface area contributed by atoms with E-state index < -0.39 is 0 Å². The standard InChI is InChI=1S/C14H12BrN3O2/c1-19-12-4-3-11(6-13(12)20-2)18-14-9(7-16)5-10(15)8-17-14/h3-6,8H,1-2H3,(H,17,18). The van der Waals surface area contributed by atoms with Crippen molar-refractivity contribution >= 4 is 27.4 Å². The minimum atomic E-state index is 0.453. The Morgan fingerprint density at radius 2 is 1.95 bits per heavy atom. The van der Waals surface area contributed by atoms with Gasteiger partial charge in [0.1, 0.15) is 11.9 Å². The molecule has 1 N–H and O–H groups in total. The molecule has 0 bridgehead atoms. The van der Waals surface area contributed by atoms with Gasteiger partial charge in [-0.25, -0.2) is 4.98 Å². The normalized spacial score (nSPS) is 9.70. The molecule has 20 heavy (non-hydrogen) atoms. The number of nitrogens with zero attached hydrogens (tertiary/aromatic N) is 2. The van der Waals surface area contributed by atoms with Crippen molar-refractivity contribution in [3.05, 3.63) is 40.5 Å². The van der Waals surface area contributed by atoms with Gasteiger partial charge < -0.3 is 14.8 Å². The van der Waals surface area contributed by atoms with Crippen LogP contribution in [0, 0.1) is 11.3 Å². The quantitative estimate of drug-likeness (QED) is 0.927. The molecule has 5 nitrogen and oxygen atoms in total. The highest BCUT2D eigenvalue weighted by atomic mass is 79.9. The SMILES string of the molecule is COc1ccc(Nc2ncc(Br)cc2C#N)cc1OC. The maximum atomic E-state index is 9.11.